The van der Waals surface area contributed by atoms with Crippen LogP contribution in [0.15, 0.2) is 6.07 Å². The monoisotopic (exact) mass is 220 g/mol. The van der Waals surface area contributed by atoms with Crippen molar-refractivity contribution < 1.29 is 13.6 Å². The highest BCUT2D eigenvalue weighted by Gasteiger charge is 2.17. The van der Waals surface area contributed by atoms with Crippen LogP contribution in [-0.4, -0.2) is 11.3 Å². The lowest BCUT2D eigenvalue weighted by Crippen LogP contribution is -2.04. The van der Waals surface area contributed by atoms with Gasteiger partial charge in [-0.25, -0.2) is 13.8 Å². The molecule has 1 aromatic rings. The van der Waals surface area contributed by atoms with Gasteiger partial charge in [-0.2, -0.15) is 0 Å². The van der Waals surface area contributed by atoms with Gasteiger partial charge < -0.3 is 5.73 Å². The highest BCUT2D eigenvalue weighted by Crippen LogP contribution is 2.28. The fourth-order valence-electron chi connectivity index (χ4n) is 0.980. The van der Waals surface area contributed by atoms with Crippen molar-refractivity contribution in [2.24, 2.45) is 5.73 Å². The predicted octanol–water partition coefficient (Wildman–Crippen LogP) is 1.94. The van der Waals surface area contributed by atoms with Gasteiger partial charge in [0, 0.05) is 6.54 Å². The molecule has 1 heterocycles. The Morgan fingerprint density at radius 1 is 1.64 bits per heavy atom. The van der Waals surface area contributed by atoms with E-state index in [0.29, 0.717) is 11.8 Å². The number of hydrogen-bond acceptors (Lipinski definition) is 3. The number of aldehydes is 1. The van der Waals surface area contributed by atoms with E-state index in [9.17, 15) is 13.6 Å². The van der Waals surface area contributed by atoms with E-state index in [1.165, 1.54) is 6.07 Å². The van der Waals surface area contributed by atoms with E-state index in [-0.39, 0.29) is 17.3 Å². The molecule has 0 unspecified atom stereocenters. The quantitative estimate of drug-likeness (QED) is 0.792. The topological polar surface area (TPSA) is 56.0 Å². The number of alkyl halides is 2. The first-order chi connectivity index (χ1) is 6.60. The third-order valence-electron chi connectivity index (χ3n) is 1.63. The number of nitrogens with two attached hydrogens (primary N) is 1. The van der Waals surface area contributed by atoms with Crippen molar-refractivity contribution in [1.29, 1.82) is 0 Å². The van der Waals surface area contributed by atoms with Gasteiger partial charge in [0.1, 0.15) is 11.4 Å². The Morgan fingerprint density at radius 3 is 2.71 bits per heavy atom. The molecule has 0 spiro atoms. The predicted molar refractivity (Wildman–Crippen MR) is 47.5 cm³/mol. The van der Waals surface area contributed by atoms with E-state index in [4.69, 9.17) is 17.3 Å². The molecule has 0 aliphatic heterocycles. The van der Waals surface area contributed by atoms with E-state index in [1.54, 1.807) is 0 Å². The van der Waals surface area contributed by atoms with Gasteiger partial charge in [0.2, 0.25) is 0 Å². The standard InChI is InChI=1S/C8H7ClF2N2O/c9-6-4(2-12)1-5(3-14)13-7(6)8(10)11/h1,3,8H,2,12H2. The van der Waals surface area contributed by atoms with Crippen LogP contribution < -0.4 is 5.73 Å². The minimum Gasteiger partial charge on any atom is -0.326 e. The maximum atomic E-state index is 12.4. The second-order valence-corrected chi connectivity index (χ2v) is 2.91. The molecule has 3 nitrogen and oxygen atoms in total. The van der Waals surface area contributed by atoms with Crippen molar-refractivity contribution in [3.8, 4) is 0 Å². The van der Waals surface area contributed by atoms with Gasteiger partial charge in [0.05, 0.1) is 5.02 Å². The van der Waals surface area contributed by atoms with E-state index < -0.39 is 12.1 Å². The zero-order valence-corrected chi connectivity index (χ0v) is 7.76. The van der Waals surface area contributed by atoms with Crippen LogP contribution >= 0.6 is 11.6 Å². The minimum atomic E-state index is -2.81. The van der Waals surface area contributed by atoms with Crippen molar-refractivity contribution in [3.05, 3.63) is 28.0 Å². The summed E-state index contributed by atoms with van der Waals surface area (Å²) < 4.78 is 24.7. The average molecular weight is 221 g/mol. The molecule has 0 fully saturated rings. The maximum Gasteiger partial charge on any atom is 0.281 e. The number of aromatic nitrogens is 1. The largest absolute Gasteiger partial charge is 0.326 e. The highest BCUT2D eigenvalue weighted by molar-refractivity contribution is 6.32. The third kappa shape index (κ3) is 2.05. The molecule has 0 saturated carbocycles. The number of pyridine rings is 1. The van der Waals surface area contributed by atoms with Gasteiger partial charge in [0.25, 0.3) is 6.43 Å². The number of rotatable bonds is 3. The Morgan fingerprint density at radius 2 is 2.29 bits per heavy atom. The Bertz CT molecular complexity index is 357. The number of nitrogens with zero attached hydrogens (tertiary/aromatic N) is 1. The SMILES string of the molecule is NCc1cc(C=O)nc(C(F)F)c1Cl. The van der Waals surface area contributed by atoms with Crippen LogP contribution in [0.2, 0.25) is 5.02 Å². The van der Waals surface area contributed by atoms with E-state index in [0.717, 1.165) is 0 Å². The Hall–Kier alpha value is -1.07. The highest BCUT2D eigenvalue weighted by atomic mass is 35.5. The average Bonchev–Trinajstić information content (AvgIpc) is 2.17. The summed E-state index contributed by atoms with van der Waals surface area (Å²) >= 11 is 5.59. The third-order valence-corrected chi connectivity index (χ3v) is 2.06. The normalized spacial score (nSPS) is 10.6. The minimum absolute atomic E-state index is 0.0120. The van der Waals surface area contributed by atoms with Gasteiger partial charge in [-0.1, -0.05) is 11.6 Å². The summed E-state index contributed by atoms with van der Waals surface area (Å²) in [6.45, 7) is -0.0120. The Labute approximate surface area is 83.9 Å². The molecular formula is C8H7ClF2N2O. The second kappa shape index (κ2) is 4.43. The second-order valence-electron chi connectivity index (χ2n) is 2.53. The lowest BCUT2D eigenvalue weighted by molar-refractivity contribution is 0.111. The molecule has 0 amide bonds. The summed E-state index contributed by atoms with van der Waals surface area (Å²) in [5.74, 6) is 0. The molecular weight excluding hydrogens is 214 g/mol. The molecule has 14 heavy (non-hydrogen) atoms. The number of hydrogen-bond donors (Lipinski definition) is 1. The molecule has 6 heteroatoms. The first kappa shape index (κ1) is 11.0. The molecule has 0 aliphatic rings. The van der Waals surface area contributed by atoms with Crippen molar-refractivity contribution in [2.75, 3.05) is 0 Å². The number of halogens is 3. The summed E-state index contributed by atoms with van der Waals surface area (Å²) in [6.07, 6.45) is -2.44. The van der Waals surface area contributed by atoms with Gasteiger partial charge in [-0.3, -0.25) is 4.79 Å². The van der Waals surface area contributed by atoms with Crippen LogP contribution in [0.3, 0.4) is 0 Å². The fraction of sp³-hybridized carbons (Fsp3) is 0.250. The summed E-state index contributed by atoms with van der Waals surface area (Å²) in [5, 5.41) is -0.173. The van der Waals surface area contributed by atoms with Gasteiger partial charge in [-0.15, -0.1) is 0 Å². The molecule has 0 radical (unpaired) electrons. The van der Waals surface area contributed by atoms with E-state index >= 15 is 0 Å². The zero-order chi connectivity index (χ0) is 10.7. The van der Waals surface area contributed by atoms with E-state index in [1.807, 2.05) is 0 Å². The summed E-state index contributed by atoms with van der Waals surface area (Å²) in [5.41, 5.74) is 4.87. The Kier molecular flexibility index (Phi) is 3.49. The first-order valence-corrected chi connectivity index (χ1v) is 4.10. The maximum absolute atomic E-state index is 12.4. The molecule has 0 atom stereocenters. The molecule has 0 aliphatic carbocycles. The van der Waals surface area contributed by atoms with Gasteiger partial charge >= 0.3 is 0 Å². The fourth-order valence-corrected chi connectivity index (χ4v) is 1.24. The molecule has 1 rings (SSSR count). The van der Waals surface area contributed by atoms with Gasteiger partial charge in [0.15, 0.2) is 6.29 Å². The Balaban J connectivity index is 3.34. The van der Waals surface area contributed by atoms with Crippen LogP contribution in [-0.2, 0) is 6.54 Å². The number of carbonyl (C=O) groups excluding carboxylic acids is 1. The summed E-state index contributed by atoms with van der Waals surface area (Å²) in [4.78, 5) is 13.8. The molecule has 0 aromatic carbocycles. The van der Waals surface area contributed by atoms with Crippen molar-refractivity contribution in [1.82, 2.24) is 4.98 Å². The van der Waals surface area contributed by atoms with Crippen molar-refractivity contribution in [3.63, 3.8) is 0 Å². The van der Waals surface area contributed by atoms with Crippen LogP contribution in [0.25, 0.3) is 0 Å². The zero-order valence-electron chi connectivity index (χ0n) is 7.01. The molecule has 0 bridgehead atoms. The van der Waals surface area contributed by atoms with Crippen LogP contribution in [0.5, 0.6) is 0 Å². The van der Waals surface area contributed by atoms with Crippen LogP contribution in [0, 0.1) is 0 Å². The lowest BCUT2D eigenvalue weighted by atomic mass is 10.2. The van der Waals surface area contributed by atoms with Gasteiger partial charge in [-0.05, 0) is 11.6 Å². The van der Waals surface area contributed by atoms with E-state index in [2.05, 4.69) is 4.98 Å². The molecule has 0 saturated heterocycles. The molecule has 1 aromatic heterocycles. The summed E-state index contributed by atoms with van der Waals surface area (Å²) in [7, 11) is 0. The lowest BCUT2D eigenvalue weighted by Gasteiger charge is -2.07. The first-order valence-electron chi connectivity index (χ1n) is 3.72. The smallest absolute Gasteiger partial charge is 0.281 e. The molecule has 76 valence electrons. The van der Waals surface area contributed by atoms with Crippen molar-refractivity contribution >= 4 is 17.9 Å². The molecule has 2 N–H and O–H groups in total. The van der Waals surface area contributed by atoms with Crippen molar-refractivity contribution in [2.45, 2.75) is 13.0 Å². The summed E-state index contributed by atoms with van der Waals surface area (Å²) in [6, 6.07) is 1.29. The van der Waals surface area contributed by atoms with Crippen LogP contribution in [0.1, 0.15) is 28.2 Å². The number of carbonyl (C=O) groups is 1. The van der Waals surface area contributed by atoms with Crippen LogP contribution in [0.4, 0.5) is 8.78 Å².